The van der Waals surface area contributed by atoms with Crippen molar-refractivity contribution in [1.82, 2.24) is 15.2 Å². The normalized spacial score (nSPS) is 14.1. The molecule has 20 heavy (non-hydrogen) atoms. The van der Waals surface area contributed by atoms with Crippen molar-refractivity contribution in [2.24, 2.45) is 0 Å². The number of nitrogen functional groups attached to an aromatic ring is 1. The van der Waals surface area contributed by atoms with Crippen LogP contribution in [0.3, 0.4) is 0 Å². The van der Waals surface area contributed by atoms with Crippen molar-refractivity contribution in [3.05, 3.63) is 22.0 Å². The van der Waals surface area contributed by atoms with Crippen LogP contribution in [0, 0.1) is 0 Å². The van der Waals surface area contributed by atoms with E-state index in [1.165, 1.54) is 17.7 Å². The fourth-order valence-corrected chi connectivity index (χ4v) is 3.44. The van der Waals surface area contributed by atoms with E-state index in [9.17, 15) is 4.79 Å². The number of hydrogen-bond donors (Lipinski definition) is 3. The lowest BCUT2D eigenvalue weighted by atomic mass is 10.0. The van der Waals surface area contributed by atoms with Gasteiger partial charge in [0.05, 0.1) is 17.1 Å². The van der Waals surface area contributed by atoms with Crippen molar-refractivity contribution in [1.29, 1.82) is 0 Å². The second-order valence-corrected chi connectivity index (χ2v) is 5.95. The third-order valence-electron chi connectivity index (χ3n) is 3.52. The molecule has 2 heterocycles. The molecule has 0 fully saturated rings. The van der Waals surface area contributed by atoms with Gasteiger partial charge in [-0.3, -0.25) is 15.2 Å². The van der Waals surface area contributed by atoms with E-state index >= 15 is 0 Å². The van der Waals surface area contributed by atoms with Crippen molar-refractivity contribution in [3.8, 4) is 0 Å². The van der Waals surface area contributed by atoms with Gasteiger partial charge in [0, 0.05) is 4.88 Å². The molecule has 0 spiro atoms. The first kappa shape index (κ1) is 13.1. The molecule has 0 saturated carbocycles. The van der Waals surface area contributed by atoms with Crippen LogP contribution >= 0.6 is 11.3 Å². The van der Waals surface area contributed by atoms with E-state index in [0.717, 1.165) is 30.7 Å². The van der Waals surface area contributed by atoms with E-state index in [-0.39, 0.29) is 11.6 Å². The number of nitrogens with zero attached hydrogens (tertiary/aromatic N) is 2. The van der Waals surface area contributed by atoms with Crippen molar-refractivity contribution in [3.63, 3.8) is 0 Å². The van der Waals surface area contributed by atoms with E-state index in [4.69, 9.17) is 5.73 Å². The zero-order chi connectivity index (χ0) is 14.1. The first-order valence-electron chi connectivity index (χ1n) is 6.81. The average molecular weight is 291 g/mol. The van der Waals surface area contributed by atoms with Gasteiger partial charge in [-0.05, 0) is 32.1 Å². The molecule has 7 heteroatoms. The summed E-state index contributed by atoms with van der Waals surface area (Å²) in [6.07, 6.45) is 5.17. The molecule has 1 amide bonds. The number of carbonyl (C=O) groups is 1. The Balaban J connectivity index is 1.78. The number of aromatic nitrogens is 3. The van der Waals surface area contributed by atoms with Gasteiger partial charge < -0.3 is 5.73 Å². The van der Waals surface area contributed by atoms with E-state index in [1.54, 1.807) is 11.3 Å². The van der Waals surface area contributed by atoms with Crippen LogP contribution in [0.1, 0.15) is 46.5 Å². The quantitative estimate of drug-likeness (QED) is 0.807. The van der Waals surface area contributed by atoms with Crippen LogP contribution in [0.2, 0.25) is 0 Å². The summed E-state index contributed by atoms with van der Waals surface area (Å²) in [5.41, 5.74) is 8.47. The maximum absolute atomic E-state index is 12.2. The highest BCUT2D eigenvalue weighted by molar-refractivity contribution is 7.15. The Labute approximate surface area is 120 Å². The van der Waals surface area contributed by atoms with Crippen molar-refractivity contribution in [2.75, 3.05) is 11.1 Å². The summed E-state index contributed by atoms with van der Waals surface area (Å²) in [6.45, 7) is 1.96. The lowest BCUT2D eigenvalue weighted by molar-refractivity contribution is 0.102. The molecule has 0 bridgehead atoms. The highest BCUT2D eigenvalue weighted by Crippen LogP contribution is 2.30. The van der Waals surface area contributed by atoms with Gasteiger partial charge in [-0.25, -0.2) is 4.98 Å². The number of nitrogens with two attached hydrogens (primary N) is 1. The predicted molar refractivity (Wildman–Crippen MR) is 79.1 cm³/mol. The fraction of sp³-hybridized carbons (Fsp3) is 0.462. The Hall–Kier alpha value is -1.89. The SMILES string of the molecule is CCc1[nH]nc(C(=O)Nc2nc3c(s2)CCCC3)c1N. The smallest absolute Gasteiger partial charge is 0.280 e. The summed E-state index contributed by atoms with van der Waals surface area (Å²) in [4.78, 5) is 17.9. The lowest BCUT2D eigenvalue weighted by Crippen LogP contribution is -2.14. The number of aromatic amines is 1. The minimum absolute atomic E-state index is 0.245. The minimum Gasteiger partial charge on any atom is -0.395 e. The molecule has 1 aliphatic rings. The third-order valence-corrected chi connectivity index (χ3v) is 4.59. The molecule has 6 nitrogen and oxygen atoms in total. The fourth-order valence-electron chi connectivity index (χ4n) is 2.39. The zero-order valence-corrected chi connectivity index (χ0v) is 12.1. The maximum Gasteiger partial charge on any atom is 0.280 e. The summed E-state index contributed by atoms with van der Waals surface area (Å²) in [7, 11) is 0. The van der Waals surface area contributed by atoms with Crippen LogP contribution in [0.15, 0.2) is 0 Å². The number of fused-ring (bicyclic) bond motifs is 1. The molecular formula is C13H17N5OS. The van der Waals surface area contributed by atoms with Crippen LogP contribution in [0.25, 0.3) is 0 Å². The van der Waals surface area contributed by atoms with Gasteiger partial charge in [-0.1, -0.05) is 6.92 Å². The first-order valence-corrected chi connectivity index (χ1v) is 7.63. The molecule has 106 valence electrons. The monoisotopic (exact) mass is 291 g/mol. The summed E-state index contributed by atoms with van der Waals surface area (Å²) in [6, 6.07) is 0. The van der Waals surface area contributed by atoms with Crippen LogP contribution in [0.5, 0.6) is 0 Å². The van der Waals surface area contributed by atoms with Gasteiger partial charge in [-0.2, -0.15) is 5.10 Å². The van der Waals surface area contributed by atoms with E-state index < -0.39 is 0 Å². The van der Waals surface area contributed by atoms with Gasteiger partial charge in [0.1, 0.15) is 0 Å². The topological polar surface area (TPSA) is 96.7 Å². The number of anilines is 2. The minimum atomic E-state index is -0.301. The van der Waals surface area contributed by atoms with Crippen molar-refractivity contribution < 1.29 is 4.79 Å². The Morgan fingerprint density at radius 2 is 2.25 bits per heavy atom. The first-order chi connectivity index (χ1) is 9.69. The van der Waals surface area contributed by atoms with Gasteiger partial charge >= 0.3 is 0 Å². The maximum atomic E-state index is 12.2. The largest absolute Gasteiger partial charge is 0.395 e. The highest BCUT2D eigenvalue weighted by atomic mass is 32.1. The number of hydrogen-bond acceptors (Lipinski definition) is 5. The van der Waals surface area contributed by atoms with Crippen molar-refractivity contribution >= 4 is 28.1 Å². The standard InChI is InChI=1S/C13H17N5OS/c1-2-7-10(14)11(18-17-7)12(19)16-13-15-8-5-3-4-6-9(8)20-13/h2-6,14H2,1H3,(H,17,18)(H,15,16,19). The summed E-state index contributed by atoms with van der Waals surface area (Å²) < 4.78 is 0. The molecule has 2 aromatic rings. The number of rotatable bonds is 3. The molecule has 0 atom stereocenters. The second-order valence-electron chi connectivity index (χ2n) is 4.87. The molecule has 3 rings (SSSR count). The van der Waals surface area contributed by atoms with E-state index in [0.29, 0.717) is 10.8 Å². The third kappa shape index (κ3) is 2.29. The second kappa shape index (κ2) is 5.24. The molecule has 2 aromatic heterocycles. The molecule has 0 aromatic carbocycles. The number of carbonyl (C=O) groups excluding carboxylic acids is 1. The van der Waals surface area contributed by atoms with Crippen LogP contribution < -0.4 is 11.1 Å². The number of amides is 1. The molecule has 0 radical (unpaired) electrons. The molecule has 1 aliphatic carbocycles. The number of aryl methyl sites for hydroxylation is 3. The predicted octanol–water partition coefficient (Wildman–Crippen LogP) is 2.14. The molecule has 0 saturated heterocycles. The lowest BCUT2D eigenvalue weighted by Gasteiger charge is -2.06. The Bertz CT molecular complexity index is 622. The van der Waals surface area contributed by atoms with Gasteiger partial charge in [-0.15, -0.1) is 11.3 Å². The Morgan fingerprint density at radius 3 is 2.95 bits per heavy atom. The van der Waals surface area contributed by atoms with Gasteiger partial charge in [0.2, 0.25) is 0 Å². The van der Waals surface area contributed by atoms with Gasteiger partial charge in [0.15, 0.2) is 10.8 Å². The highest BCUT2D eigenvalue weighted by Gasteiger charge is 2.20. The molecule has 4 N–H and O–H groups in total. The summed E-state index contributed by atoms with van der Waals surface area (Å²) in [5, 5.41) is 10.2. The number of thiazole rings is 1. The Kier molecular flexibility index (Phi) is 3.43. The summed E-state index contributed by atoms with van der Waals surface area (Å²) in [5.74, 6) is -0.301. The van der Waals surface area contributed by atoms with Gasteiger partial charge in [0.25, 0.3) is 5.91 Å². The van der Waals surface area contributed by atoms with Crippen LogP contribution in [-0.2, 0) is 19.3 Å². The Morgan fingerprint density at radius 1 is 1.45 bits per heavy atom. The zero-order valence-electron chi connectivity index (χ0n) is 11.3. The van der Waals surface area contributed by atoms with Crippen LogP contribution in [0.4, 0.5) is 10.8 Å². The van der Waals surface area contributed by atoms with E-state index in [2.05, 4.69) is 20.5 Å². The van der Waals surface area contributed by atoms with E-state index in [1.807, 2.05) is 6.92 Å². The van der Waals surface area contributed by atoms with Crippen LogP contribution in [-0.4, -0.2) is 21.1 Å². The number of H-pyrrole nitrogens is 1. The summed E-state index contributed by atoms with van der Waals surface area (Å²) >= 11 is 1.55. The molecular weight excluding hydrogens is 274 g/mol. The van der Waals surface area contributed by atoms with Crippen molar-refractivity contribution in [2.45, 2.75) is 39.0 Å². The molecule has 0 unspecified atom stereocenters. The molecule has 0 aliphatic heterocycles. The average Bonchev–Trinajstić information content (AvgIpc) is 3.01. The number of nitrogens with one attached hydrogen (secondary N) is 2.